The van der Waals surface area contributed by atoms with Crippen molar-refractivity contribution in [1.82, 2.24) is 0 Å². The molecule has 0 radical (unpaired) electrons. The molecule has 0 saturated heterocycles. The van der Waals surface area contributed by atoms with E-state index in [9.17, 15) is 0 Å². The van der Waals surface area contributed by atoms with Gasteiger partial charge in [-0.1, -0.05) is 77.6 Å². The van der Waals surface area contributed by atoms with Crippen LogP contribution in [0.5, 0.6) is 11.5 Å². The van der Waals surface area contributed by atoms with Gasteiger partial charge in [0.1, 0.15) is 11.5 Å². The van der Waals surface area contributed by atoms with Crippen molar-refractivity contribution in [2.75, 3.05) is 0 Å². The number of halogens is 10. The molecule has 0 aromatic heterocycles. The molecule has 0 N–H and O–H groups in total. The molecule has 0 aliphatic carbocycles. The fourth-order valence-corrected chi connectivity index (χ4v) is 7.55. The quantitative estimate of drug-likeness (QED) is 0.207. The van der Waals surface area contributed by atoms with Crippen molar-refractivity contribution in [3.8, 4) is 11.5 Å². The summed E-state index contributed by atoms with van der Waals surface area (Å²) >= 11 is 36.8. The highest BCUT2D eigenvalue weighted by molar-refractivity contribution is 9.15. The first-order chi connectivity index (χ1) is 13.4. The van der Waals surface area contributed by atoms with Crippen LogP contribution >= 0.6 is 159 Å². The number of benzene rings is 2. The SMILES string of the molecule is CC(Br)C(Br)c1cc(Oc2cc(C(Br)C(C)Br)c(Br)c(Br)c2Br)c(Br)c(Br)c1Br. The summed E-state index contributed by atoms with van der Waals surface area (Å²) in [6, 6.07) is 4.05. The van der Waals surface area contributed by atoms with E-state index in [-0.39, 0.29) is 19.3 Å². The second kappa shape index (κ2) is 12.1. The Morgan fingerprint density at radius 1 is 0.552 bits per heavy atom. The minimum atomic E-state index is 0.0976. The number of ether oxygens (including phenoxy) is 1. The summed E-state index contributed by atoms with van der Waals surface area (Å²) in [5, 5.41) is 0. The Kier molecular flexibility index (Phi) is 11.8. The Morgan fingerprint density at radius 2 is 0.862 bits per heavy atom. The number of hydrogen-bond acceptors (Lipinski definition) is 1. The van der Waals surface area contributed by atoms with Crippen molar-refractivity contribution in [3.63, 3.8) is 0 Å². The molecule has 0 saturated carbocycles. The third kappa shape index (κ3) is 6.59. The van der Waals surface area contributed by atoms with Gasteiger partial charge >= 0.3 is 0 Å². The third-order valence-corrected chi connectivity index (χ3v) is 16.0. The molecule has 2 rings (SSSR count). The average Bonchev–Trinajstić information content (AvgIpc) is 2.67. The van der Waals surface area contributed by atoms with E-state index in [0.29, 0.717) is 11.5 Å². The predicted octanol–water partition coefficient (Wildman–Crippen LogP) is 12.5. The minimum Gasteiger partial charge on any atom is -0.455 e. The first-order valence-electron chi connectivity index (χ1n) is 7.97. The Balaban J connectivity index is 2.62. The van der Waals surface area contributed by atoms with Gasteiger partial charge in [-0.25, -0.2) is 0 Å². The summed E-state index contributed by atoms with van der Waals surface area (Å²) in [7, 11) is 0. The van der Waals surface area contributed by atoms with Crippen molar-refractivity contribution in [2.24, 2.45) is 0 Å². The van der Waals surface area contributed by atoms with Gasteiger partial charge in [-0.05, 0) is 119 Å². The molecule has 0 aliphatic rings. The van der Waals surface area contributed by atoms with Gasteiger partial charge in [0, 0.05) is 18.6 Å². The van der Waals surface area contributed by atoms with E-state index in [4.69, 9.17) is 4.74 Å². The molecule has 11 heteroatoms. The highest BCUT2D eigenvalue weighted by Crippen LogP contribution is 2.50. The standard InChI is InChI=1S/C18H12Br10O/c1-5(19)11(21)7-3-9(15(25)17(27)13(7)23)29-10-4-8(12(22)6(2)20)14(24)18(28)16(10)26/h3-6,11-12H,1-2H3. The molecule has 4 unspecified atom stereocenters. The van der Waals surface area contributed by atoms with E-state index in [1.54, 1.807) is 0 Å². The van der Waals surface area contributed by atoms with Crippen LogP contribution < -0.4 is 4.74 Å². The van der Waals surface area contributed by atoms with Gasteiger partial charge in [-0.3, -0.25) is 0 Å². The highest BCUT2D eigenvalue weighted by Gasteiger charge is 2.25. The van der Waals surface area contributed by atoms with Gasteiger partial charge in [0.25, 0.3) is 0 Å². The molecule has 0 fully saturated rings. The van der Waals surface area contributed by atoms with Gasteiger partial charge < -0.3 is 4.74 Å². The van der Waals surface area contributed by atoms with Crippen molar-refractivity contribution < 1.29 is 4.74 Å². The molecule has 2 aromatic carbocycles. The summed E-state index contributed by atoms with van der Waals surface area (Å²) in [5.74, 6) is 1.40. The Hall–Kier alpha value is 3.04. The molecule has 0 spiro atoms. The maximum Gasteiger partial charge on any atom is 0.143 e. The molecular weight excluding hydrogens is 1030 g/mol. The van der Waals surface area contributed by atoms with Crippen LogP contribution in [0.4, 0.5) is 0 Å². The second-order valence-corrected chi connectivity index (χ2v) is 15.7. The molecule has 29 heavy (non-hydrogen) atoms. The largest absolute Gasteiger partial charge is 0.455 e. The fraction of sp³-hybridized carbons (Fsp3) is 0.333. The minimum absolute atomic E-state index is 0.0976. The maximum atomic E-state index is 6.39. The van der Waals surface area contributed by atoms with E-state index in [0.717, 1.165) is 38.0 Å². The molecule has 160 valence electrons. The number of rotatable bonds is 6. The topological polar surface area (TPSA) is 9.23 Å². The lowest BCUT2D eigenvalue weighted by Crippen LogP contribution is -2.05. The van der Waals surface area contributed by atoms with Crippen LogP contribution in [0.2, 0.25) is 0 Å². The van der Waals surface area contributed by atoms with Gasteiger partial charge in [0.15, 0.2) is 0 Å². The van der Waals surface area contributed by atoms with Gasteiger partial charge in [0.05, 0.1) is 27.5 Å². The number of alkyl halides is 4. The van der Waals surface area contributed by atoms with Crippen LogP contribution in [0.3, 0.4) is 0 Å². The zero-order valence-corrected chi connectivity index (χ0v) is 30.5. The summed E-state index contributed by atoms with van der Waals surface area (Å²) in [4.78, 5) is 0.657. The monoisotopic (exact) mass is 1030 g/mol. The van der Waals surface area contributed by atoms with Crippen molar-refractivity contribution in [2.45, 2.75) is 33.2 Å². The molecule has 0 amide bonds. The Bertz CT molecular complexity index is 839. The Morgan fingerprint density at radius 3 is 1.14 bits per heavy atom. The van der Waals surface area contributed by atoms with E-state index < -0.39 is 0 Å². The lowest BCUT2D eigenvalue weighted by Gasteiger charge is -2.21. The molecule has 1 nitrogen and oxygen atoms in total. The summed E-state index contributed by atoms with van der Waals surface area (Å²) in [6.45, 7) is 4.18. The molecular formula is C18H12Br10O. The van der Waals surface area contributed by atoms with Crippen LogP contribution in [-0.2, 0) is 0 Å². The van der Waals surface area contributed by atoms with Crippen LogP contribution in [-0.4, -0.2) is 9.65 Å². The lowest BCUT2D eigenvalue weighted by atomic mass is 10.1. The maximum absolute atomic E-state index is 6.39. The molecule has 0 bridgehead atoms. The zero-order valence-electron chi connectivity index (χ0n) is 14.7. The molecule has 2 aromatic rings. The van der Waals surface area contributed by atoms with Gasteiger partial charge in [-0.2, -0.15) is 0 Å². The van der Waals surface area contributed by atoms with Crippen LogP contribution in [0.25, 0.3) is 0 Å². The number of hydrogen-bond donors (Lipinski definition) is 0. The van der Waals surface area contributed by atoms with Crippen molar-refractivity contribution in [3.05, 3.63) is 50.1 Å². The zero-order chi connectivity index (χ0) is 22.2. The smallest absolute Gasteiger partial charge is 0.143 e. The highest BCUT2D eigenvalue weighted by atomic mass is 79.9. The van der Waals surface area contributed by atoms with E-state index in [1.807, 2.05) is 12.1 Å². The second-order valence-electron chi connectivity index (χ2n) is 6.07. The first kappa shape index (κ1) is 28.3. The molecule has 0 aliphatic heterocycles. The summed E-state index contributed by atoms with van der Waals surface area (Å²) < 4.78 is 11.8. The van der Waals surface area contributed by atoms with Crippen LogP contribution in [0.15, 0.2) is 39.0 Å². The van der Waals surface area contributed by atoms with E-state index in [1.165, 1.54) is 0 Å². The summed E-state index contributed by atoms with van der Waals surface area (Å²) in [6.07, 6.45) is 0. The van der Waals surface area contributed by atoms with Gasteiger partial charge in [-0.15, -0.1) is 0 Å². The normalized spacial score (nSPS) is 15.7. The van der Waals surface area contributed by atoms with Crippen LogP contribution in [0, 0.1) is 0 Å². The molecule has 0 heterocycles. The molecule has 4 atom stereocenters. The fourth-order valence-electron chi connectivity index (χ4n) is 2.36. The average molecular weight is 1040 g/mol. The van der Waals surface area contributed by atoms with Crippen molar-refractivity contribution >= 4 is 159 Å². The summed E-state index contributed by atoms with van der Waals surface area (Å²) in [5.41, 5.74) is 2.14. The van der Waals surface area contributed by atoms with E-state index in [2.05, 4.69) is 173 Å². The Labute approximate surface area is 254 Å². The first-order valence-corrected chi connectivity index (χ1v) is 16.4. The van der Waals surface area contributed by atoms with Gasteiger partial charge in [0.2, 0.25) is 0 Å². The predicted molar refractivity (Wildman–Crippen MR) is 159 cm³/mol. The van der Waals surface area contributed by atoms with Crippen LogP contribution in [0.1, 0.15) is 34.6 Å². The van der Waals surface area contributed by atoms with E-state index >= 15 is 0 Å². The third-order valence-electron chi connectivity index (χ3n) is 3.90. The van der Waals surface area contributed by atoms with Crippen molar-refractivity contribution in [1.29, 1.82) is 0 Å². The lowest BCUT2D eigenvalue weighted by molar-refractivity contribution is 0.474.